The quantitative estimate of drug-likeness (QED) is 0.761. The highest BCUT2D eigenvalue weighted by molar-refractivity contribution is 7.89. The van der Waals surface area contributed by atoms with Gasteiger partial charge in [-0.1, -0.05) is 12.1 Å². The second-order valence-corrected chi connectivity index (χ2v) is 9.16. The molecule has 1 aromatic carbocycles. The maximum Gasteiger partial charge on any atom is 0.316 e. The van der Waals surface area contributed by atoms with Crippen molar-refractivity contribution in [3.05, 3.63) is 29.8 Å². The summed E-state index contributed by atoms with van der Waals surface area (Å²) in [6.45, 7) is 2.92. The summed E-state index contributed by atoms with van der Waals surface area (Å²) in [6.07, 6.45) is 3.28. The number of ether oxygens (including phenoxy) is 1. The number of carbonyl (C=O) groups is 1. The van der Waals surface area contributed by atoms with E-state index in [4.69, 9.17) is 10.5 Å². The van der Waals surface area contributed by atoms with E-state index in [1.165, 1.54) is 11.4 Å². The zero-order valence-electron chi connectivity index (χ0n) is 15.2. The average Bonchev–Trinajstić information content (AvgIpc) is 3.43. The molecule has 2 unspecified atom stereocenters. The van der Waals surface area contributed by atoms with Crippen LogP contribution in [0.2, 0.25) is 0 Å². The van der Waals surface area contributed by atoms with Crippen LogP contribution in [0.25, 0.3) is 0 Å². The number of hydrogen-bond acceptors (Lipinski definition) is 5. The van der Waals surface area contributed by atoms with Gasteiger partial charge in [-0.15, -0.1) is 12.4 Å². The van der Waals surface area contributed by atoms with E-state index < -0.39 is 15.4 Å². The van der Waals surface area contributed by atoms with E-state index in [0.717, 1.165) is 31.2 Å². The molecule has 0 bridgehead atoms. The fourth-order valence-electron chi connectivity index (χ4n) is 3.65. The second-order valence-electron chi connectivity index (χ2n) is 7.22. The molecule has 1 saturated carbocycles. The molecule has 2 atom stereocenters. The lowest BCUT2D eigenvalue weighted by Crippen LogP contribution is -2.44. The molecular weight excluding hydrogens is 376 g/mol. The number of hydrogen-bond donors (Lipinski definition) is 1. The van der Waals surface area contributed by atoms with Crippen LogP contribution in [0.1, 0.15) is 38.2 Å². The molecule has 3 rings (SSSR count). The molecular formula is C18H27ClN2O4S. The maximum atomic E-state index is 12.9. The summed E-state index contributed by atoms with van der Waals surface area (Å²) in [4.78, 5) is 12.2. The largest absolute Gasteiger partial charge is 0.468 e. The lowest BCUT2D eigenvalue weighted by molar-refractivity contribution is -0.143. The van der Waals surface area contributed by atoms with Crippen LogP contribution >= 0.6 is 12.4 Å². The maximum absolute atomic E-state index is 12.9. The highest BCUT2D eigenvalue weighted by Crippen LogP contribution is 2.49. The number of nitrogens with zero attached hydrogens (tertiary/aromatic N) is 1. The zero-order chi connectivity index (χ0) is 18.2. The third kappa shape index (κ3) is 3.76. The van der Waals surface area contributed by atoms with E-state index >= 15 is 0 Å². The first-order chi connectivity index (χ1) is 11.8. The molecule has 2 N–H and O–H groups in total. The molecule has 0 spiro atoms. The van der Waals surface area contributed by atoms with Crippen molar-refractivity contribution >= 4 is 28.4 Å². The van der Waals surface area contributed by atoms with Gasteiger partial charge in [0.15, 0.2) is 0 Å². The summed E-state index contributed by atoms with van der Waals surface area (Å²) in [5, 5.41) is 0. The third-order valence-corrected chi connectivity index (χ3v) is 7.41. The molecule has 6 nitrogen and oxygen atoms in total. The average molecular weight is 403 g/mol. The van der Waals surface area contributed by atoms with Crippen LogP contribution in [0.3, 0.4) is 0 Å². The number of benzene rings is 1. The van der Waals surface area contributed by atoms with Gasteiger partial charge in [0.1, 0.15) is 0 Å². The van der Waals surface area contributed by atoms with Crippen molar-refractivity contribution in [1.29, 1.82) is 0 Å². The SMILES string of the molecule is COC(=O)C1(c2ccc(S(=O)(=O)N3CCCC(C(C)N)C3)cc2)CC1.Cl. The minimum absolute atomic E-state index is 0. The minimum atomic E-state index is -3.53. The zero-order valence-corrected chi connectivity index (χ0v) is 16.8. The van der Waals surface area contributed by atoms with Gasteiger partial charge in [0.2, 0.25) is 10.0 Å². The van der Waals surface area contributed by atoms with Gasteiger partial charge < -0.3 is 10.5 Å². The highest BCUT2D eigenvalue weighted by Gasteiger charge is 2.52. The van der Waals surface area contributed by atoms with Gasteiger partial charge in [-0.3, -0.25) is 4.79 Å². The van der Waals surface area contributed by atoms with E-state index in [9.17, 15) is 13.2 Å². The van der Waals surface area contributed by atoms with Gasteiger partial charge in [0.05, 0.1) is 17.4 Å². The van der Waals surface area contributed by atoms with E-state index in [1.54, 1.807) is 24.3 Å². The Morgan fingerprint density at radius 1 is 1.31 bits per heavy atom. The Balaban J connectivity index is 0.00000243. The standard InChI is InChI=1S/C18H26N2O4S.ClH/c1-13(19)14-4-3-11-20(12-14)25(22,23)16-7-5-15(6-8-16)18(9-10-18)17(21)24-2;/h5-8,13-14H,3-4,9-12,19H2,1-2H3;1H. The number of carbonyl (C=O) groups excluding carboxylic acids is 1. The molecule has 146 valence electrons. The van der Waals surface area contributed by atoms with Gasteiger partial charge in [0, 0.05) is 19.1 Å². The molecule has 1 aliphatic heterocycles. The lowest BCUT2D eigenvalue weighted by atomic mass is 9.93. The number of piperidine rings is 1. The van der Waals surface area contributed by atoms with Crippen molar-refractivity contribution in [2.24, 2.45) is 11.7 Å². The van der Waals surface area contributed by atoms with Crippen molar-refractivity contribution in [3.8, 4) is 0 Å². The Morgan fingerprint density at radius 3 is 2.42 bits per heavy atom. The lowest BCUT2D eigenvalue weighted by Gasteiger charge is -2.33. The monoisotopic (exact) mass is 402 g/mol. The Hall–Kier alpha value is -1.15. The molecule has 0 aromatic heterocycles. The summed E-state index contributed by atoms with van der Waals surface area (Å²) in [7, 11) is -2.15. The van der Waals surface area contributed by atoms with E-state index in [0.29, 0.717) is 13.1 Å². The van der Waals surface area contributed by atoms with Gasteiger partial charge in [-0.25, -0.2) is 8.42 Å². The van der Waals surface area contributed by atoms with Crippen molar-refractivity contribution in [2.45, 2.75) is 49.0 Å². The van der Waals surface area contributed by atoms with Crippen molar-refractivity contribution < 1.29 is 17.9 Å². The Morgan fingerprint density at radius 2 is 1.92 bits per heavy atom. The van der Waals surface area contributed by atoms with Crippen LogP contribution < -0.4 is 5.73 Å². The third-order valence-electron chi connectivity index (χ3n) is 5.53. The molecule has 0 amide bonds. The van der Waals surface area contributed by atoms with Gasteiger partial charge in [-0.05, 0) is 56.2 Å². The molecule has 0 radical (unpaired) electrons. The minimum Gasteiger partial charge on any atom is -0.468 e. The second kappa shape index (κ2) is 7.84. The number of sulfonamides is 1. The Kier molecular flexibility index (Phi) is 6.38. The first kappa shape index (κ1) is 21.2. The molecule has 26 heavy (non-hydrogen) atoms. The Labute approximate surface area is 161 Å². The number of halogens is 1. The topological polar surface area (TPSA) is 89.7 Å². The number of nitrogens with two attached hydrogens (primary N) is 1. The summed E-state index contributed by atoms with van der Waals surface area (Å²) in [5.41, 5.74) is 6.21. The Bertz CT molecular complexity index is 745. The summed E-state index contributed by atoms with van der Waals surface area (Å²) < 4.78 is 32.2. The van der Waals surface area contributed by atoms with Crippen LogP contribution in [0.15, 0.2) is 29.2 Å². The molecule has 8 heteroatoms. The molecule has 1 aromatic rings. The fraction of sp³-hybridized carbons (Fsp3) is 0.611. The molecule has 1 saturated heterocycles. The number of methoxy groups -OCH3 is 1. The summed E-state index contributed by atoms with van der Waals surface area (Å²) in [6, 6.07) is 6.66. The smallest absolute Gasteiger partial charge is 0.316 e. The van der Waals surface area contributed by atoms with Crippen LogP contribution in [-0.2, 0) is 25.0 Å². The van der Waals surface area contributed by atoms with E-state index in [2.05, 4.69) is 0 Å². The predicted octanol–water partition coefficient (Wildman–Crippen LogP) is 2.06. The van der Waals surface area contributed by atoms with Gasteiger partial charge >= 0.3 is 5.97 Å². The van der Waals surface area contributed by atoms with E-state index in [-0.39, 0.29) is 35.2 Å². The predicted molar refractivity (Wildman–Crippen MR) is 102 cm³/mol. The van der Waals surface area contributed by atoms with Crippen LogP contribution in [0.5, 0.6) is 0 Å². The van der Waals surface area contributed by atoms with Crippen LogP contribution in [-0.4, -0.2) is 44.9 Å². The van der Waals surface area contributed by atoms with Crippen molar-refractivity contribution in [3.63, 3.8) is 0 Å². The molecule has 1 aliphatic carbocycles. The number of rotatable bonds is 5. The van der Waals surface area contributed by atoms with Crippen molar-refractivity contribution in [2.75, 3.05) is 20.2 Å². The van der Waals surface area contributed by atoms with Crippen LogP contribution in [0, 0.1) is 5.92 Å². The highest BCUT2D eigenvalue weighted by atomic mass is 35.5. The van der Waals surface area contributed by atoms with Gasteiger partial charge in [-0.2, -0.15) is 4.31 Å². The number of esters is 1. The van der Waals surface area contributed by atoms with Gasteiger partial charge in [0.25, 0.3) is 0 Å². The van der Waals surface area contributed by atoms with E-state index in [1.807, 2.05) is 6.92 Å². The van der Waals surface area contributed by atoms with Crippen LogP contribution in [0.4, 0.5) is 0 Å². The first-order valence-electron chi connectivity index (χ1n) is 8.76. The fourth-order valence-corrected chi connectivity index (χ4v) is 5.18. The molecule has 1 heterocycles. The molecule has 2 fully saturated rings. The summed E-state index contributed by atoms with van der Waals surface area (Å²) >= 11 is 0. The first-order valence-corrected chi connectivity index (χ1v) is 10.2. The summed E-state index contributed by atoms with van der Waals surface area (Å²) in [5.74, 6) is -0.0595. The molecule has 2 aliphatic rings. The van der Waals surface area contributed by atoms with Crippen molar-refractivity contribution in [1.82, 2.24) is 4.31 Å². The normalized spacial score (nSPS) is 23.6.